The van der Waals surface area contributed by atoms with Crippen LogP contribution in [0, 0.1) is 23.1 Å². The number of halogens is 4. The summed E-state index contributed by atoms with van der Waals surface area (Å²) in [6, 6.07) is 0.906. The normalized spacial score (nSPS) is 36.1. The van der Waals surface area contributed by atoms with Crippen molar-refractivity contribution in [3.63, 3.8) is 0 Å². The van der Waals surface area contributed by atoms with E-state index in [4.69, 9.17) is 23.2 Å². The lowest BCUT2D eigenvalue weighted by Gasteiger charge is -2.41. The van der Waals surface area contributed by atoms with Crippen LogP contribution in [0.2, 0.25) is 5.02 Å². The molecule has 0 aromatic heterocycles. The highest BCUT2D eigenvalue weighted by atomic mass is 35.5. The molecule has 1 aromatic rings. The Hall–Kier alpha value is -2.00. The number of allylic oxidation sites excluding steroid dienone is 4. The largest absolute Gasteiger partial charge is 0.393 e. The van der Waals surface area contributed by atoms with E-state index in [0.29, 0.717) is 43.4 Å². The molecule has 2 amide bonds. The third kappa shape index (κ3) is 5.03. The van der Waals surface area contributed by atoms with Crippen molar-refractivity contribution in [1.29, 1.82) is 0 Å². The summed E-state index contributed by atoms with van der Waals surface area (Å²) in [7, 11) is 0. The molecule has 1 aromatic carbocycles. The van der Waals surface area contributed by atoms with Crippen molar-refractivity contribution in [2.45, 2.75) is 88.7 Å². The van der Waals surface area contributed by atoms with Crippen molar-refractivity contribution in [3.05, 3.63) is 51.8 Å². The maximum absolute atomic E-state index is 15.9. The van der Waals surface area contributed by atoms with Gasteiger partial charge in [-0.15, -0.1) is 0 Å². The van der Waals surface area contributed by atoms with E-state index in [1.807, 2.05) is 20.8 Å². The van der Waals surface area contributed by atoms with Crippen LogP contribution in [0.1, 0.15) is 58.4 Å². The fraction of sp³-hybridized carbons (Fsp3) is 0.586. The Morgan fingerprint density at radius 2 is 1.90 bits per heavy atom. The molecular weight excluding hydrogens is 547 g/mol. The Morgan fingerprint density at radius 1 is 1.21 bits per heavy atom. The second-order valence-corrected chi connectivity index (χ2v) is 13.4. The van der Waals surface area contributed by atoms with E-state index in [-0.39, 0.29) is 33.5 Å². The highest BCUT2D eigenvalue weighted by molar-refractivity contribution is 6.31. The molecule has 39 heavy (non-hydrogen) atoms. The molecule has 2 aliphatic carbocycles. The lowest BCUT2D eigenvalue weighted by molar-refractivity contribution is -0.127. The molecule has 1 saturated carbocycles. The van der Waals surface area contributed by atoms with Crippen LogP contribution in [0.3, 0.4) is 0 Å². The Balaban J connectivity index is 1.65. The first-order chi connectivity index (χ1) is 18.3. The van der Waals surface area contributed by atoms with Crippen LogP contribution >= 0.6 is 23.2 Å². The van der Waals surface area contributed by atoms with E-state index in [2.05, 4.69) is 16.0 Å². The number of hydrogen-bond acceptors (Lipinski definition) is 4. The fourth-order valence-corrected chi connectivity index (χ4v) is 7.41. The molecule has 4 aliphatic rings. The van der Waals surface area contributed by atoms with E-state index in [9.17, 15) is 19.1 Å². The third-order valence-corrected chi connectivity index (χ3v) is 9.32. The van der Waals surface area contributed by atoms with Gasteiger partial charge in [0.15, 0.2) is 0 Å². The number of rotatable bonds is 4. The molecule has 10 heteroatoms. The van der Waals surface area contributed by atoms with E-state index < -0.39 is 47.2 Å². The highest BCUT2D eigenvalue weighted by Crippen LogP contribution is 2.57. The zero-order chi connectivity index (χ0) is 28.3. The van der Waals surface area contributed by atoms with Crippen LogP contribution in [-0.2, 0) is 15.0 Å². The van der Waals surface area contributed by atoms with Gasteiger partial charge in [-0.25, -0.2) is 8.78 Å². The van der Waals surface area contributed by atoms with Crippen molar-refractivity contribution < 1.29 is 23.5 Å². The van der Waals surface area contributed by atoms with E-state index >= 15 is 4.39 Å². The number of carbonyl (C=O) groups is 2. The molecule has 2 heterocycles. The molecule has 6 atom stereocenters. The maximum Gasteiger partial charge on any atom is 0.237 e. The summed E-state index contributed by atoms with van der Waals surface area (Å²) >= 11 is 12.4. The number of anilines is 1. The van der Waals surface area contributed by atoms with Gasteiger partial charge in [-0.3, -0.25) is 9.59 Å². The first kappa shape index (κ1) is 28.5. The minimum absolute atomic E-state index is 0.0155. The molecule has 2 fully saturated rings. The van der Waals surface area contributed by atoms with Gasteiger partial charge in [-0.2, -0.15) is 0 Å². The molecule has 6 nitrogen and oxygen atoms in total. The van der Waals surface area contributed by atoms with E-state index in [1.54, 1.807) is 12.2 Å². The van der Waals surface area contributed by atoms with Crippen LogP contribution in [0.15, 0.2) is 35.4 Å². The number of carbonyl (C=O) groups excluding carboxylic acids is 2. The fourth-order valence-electron chi connectivity index (χ4n) is 7.02. The molecule has 6 unspecified atom stereocenters. The van der Waals surface area contributed by atoms with Crippen LogP contribution in [0.4, 0.5) is 14.5 Å². The van der Waals surface area contributed by atoms with Gasteiger partial charge in [0.25, 0.3) is 0 Å². The molecule has 1 saturated heterocycles. The summed E-state index contributed by atoms with van der Waals surface area (Å²) in [5, 5.41) is 19.1. The molecule has 2 aliphatic heterocycles. The van der Waals surface area contributed by atoms with Gasteiger partial charge in [0.2, 0.25) is 11.8 Å². The van der Waals surface area contributed by atoms with Gasteiger partial charge in [0, 0.05) is 29.6 Å². The summed E-state index contributed by atoms with van der Waals surface area (Å²) in [6.07, 6.45) is 5.59. The second kappa shape index (κ2) is 10.4. The number of benzene rings is 1. The number of hydrogen-bond donors (Lipinski definition) is 4. The number of amides is 2. The zero-order valence-electron chi connectivity index (χ0n) is 22.2. The van der Waals surface area contributed by atoms with Gasteiger partial charge in [-0.1, -0.05) is 56.1 Å². The van der Waals surface area contributed by atoms with E-state index in [1.165, 1.54) is 18.2 Å². The van der Waals surface area contributed by atoms with Gasteiger partial charge >= 0.3 is 0 Å². The lowest BCUT2D eigenvalue weighted by Crippen LogP contribution is -2.54. The Morgan fingerprint density at radius 3 is 2.56 bits per heavy atom. The Bertz CT molecular complexity index is 1220. The van der Waals surface area contributed by atoms with Crippen molar-refractivity contribution in [2.75, 3.05) is 5.32 Å². The Labute approximate surface area is 237 Å². The average molecular weight is 583 g/mol. The van der Waals surface area contributed by atoms with Crippen LogP contribution in [0.5, 0.6) is 0 Å². The van der Waals surface area contributed by atoms with Crippen LogP contribution in [0.25, 0.3) is 0 Å². The monoisotopic (exact) mass is 581 g/mol. The number of aliphatic hydroxyl groups is 1. The van der Waals surface area contributed by atoms with Gasteiger partial charge < -0.3 is 21.1 Å². The van der Waals surface area contributed by atoms with Crippen molar-refractivity contribution in [3.8, 4) is 0 Å². The van der Waals surface area contributed by atoms with Crippen molar-refractivity contribution in [1.82, 2.24) is 10.6 Å². The number of aliphatic hydroxyl groups excluding tert-OH is 1. The van der Waals surface area contributed by atoms with E-state index in [0.717, 1.165) is 0 Å². The molecule has 212 valence electrons. The number of alkyl halides is 1. The maximum atomic E-state index is 15.9. The molecule has 0 bridgehead atoms. The van der Waals surface area contributed by atoms with Crippen LogP contribution in [-0.4, -0.2) is 47.3 Å². The SMILES string of the molecule is CC(C)(C)CC1NC(C(=O)NC2CCC(O)CC2)C(C2C=CC=C(Cl)C2F)C12C(=O)Nc1cc(Cl)c(F)cc12. The molecule has 4 N–H and O–H groups in total. The topological polar surface area (TPSA) is 90.5 Å². The Kier molecular flexibility index (Phi) is 7.63. The predicted octanol–water partition coefficient (Wildman–Crippen LogP) is 5.13. The molecule has 5 rings (SSSR count). The first-order valence-electron chi connectivity index (χ1n) is 13.6. The summed E-state index contributed by atoms with van der Waals surface area (Å²) in [6.45, 7) is 6.06. The van der Waals surface area contributed by atoms with Crippen molar-refractivity contribution in [2.24, 2.45) is 17.3 Å². The number of nitrogens with one attached hydrogen (secondary N) is 3. The standard InChI is InChI=1S/C29H35Cl2F2N3O3/c1-28(2,3)13-22-29(17-11-20(32)19(31)12-21(17)35-27(29)39)23(16-5-4-6-18(30)24(16)33)25(36-22)26(38)34-14-7-9-15(37)10-8-14/h4-6,11-12,14-16,22-25,36-37H,7-10,13H2,1-3H3,(H,34,38)(H,35,39). The average Bonchev–Trinajstić information content (AvgIpc) is 3.32. The van der Waals surface area contributed by atoms with Crippen molar-refractivity contribution >= 4 is 40.7 Å². The highest BCUT2D eigenvalue weighted by Gasteiger charge is 2.67. The first-order valence-corrected chi connectivity index (χ1v) is 14.3. The molecule has 1 spiro atoms. The van der Waals surface area contributed by atoms with Crippen LogP contribution < -0.4 is 16.0 Å². The summed E-state index contributed by atoms with van der Waals surface area (Å²) in [5.74, 6) is -3.32. The minimum Gasteiger partial charge on any atom is -0.393 e. The van der Waals surface area contributed by atoms with Gasteiger partial charge in [0.05, 0.1) is 27.6 Å². The second-order valence-electron chi connectivity index (χ2n) is 12.6. The molecule has 0 radical (unpaired) electrons. The summed E-state index contributed by atoms with van der Waals surface area (Å²) in [4.78, 5) is 28.1. The quantitative estimate of drug-likeness (QED) is 0.397. The van der Waals surface area contributed by atoms with Gasteiger partial charge in [0.1, 0.15) is 12.0 Å². The molecular formula is C29H35Cl2F2N3O3. The third-order valence-electron chi connectivity index (χ3n) is 8.69. The zero-order valence-corrected chi connectivity index (χ0v) is 23.8. The minimum atomic E-state index is -1.65. The predicted molar refractivity (Wildman–Crippen MR) is 148 cm³/mol. The summed E-state index contributed by atoms with van der Waals surface area (Å²) < 4.78 is 30.9. The summed E-state index contributed by atoms with van der Waals surface area (Å²) in [5.41, 5.74) is -1.03. The van der Waals surface area contributed by atoms with Gasteiger partial charge in [-0.05, 0) is 61.3 Å². The lowest BCUT2D eigenvalue weighted by atomic mass is 9.59. The smallest absolute Gasteiger partial charge is 0.237 e. The number of fused-ring (bicyclic) bond motifs is 2.